The zero-order valence-electron chi connectivity index (χ0n) is 8.12. The summed E-state index contributed by atoms with van der Waals surface area (Å²) in [4.78, 5) is 10.8. The van der Waals surface area contributed by atoms with Crippen molar-refractivity contribution >= 4 is 6.09 Å². The van der Waals surface area contributed by atoms with E-state index in [1.54, 1.807) is 0 Å². The normalized spacial score (nSPS) is 9.57. The van der Waals surface area contributed by atoms with E-state index < -0.39 is 6.09 Å². The molecule has 1 aromatic rings. The minimum absolute atomic E-state index is 0.257. The third-order valence-corrected chi connectivity index (χ3v) is 1.90. The van der Waals surface area contributed by atoms with Crippen LogP contribution in [-0.2, 0) is 17.9 Å². The Hall–Kier alpha value is -1.55. The van der Waals surface area contributed by atoms with E-state index in [4.69, 9.17) is 10.5 Å². The van der Waals surface area contributed by atoms with Crippen molar-refractivity contribution in [2.45, 2.75) is 13.2 Å². The fourth-order valence-electron chi connectivity index (χ4n) is 1.11. The summed E-state index contributed by atoms with van der Waals surface area (Å²) < 4.78 is 4.91. The summed E-state index contributed by atoms with van der Waals surface area (Å²) in [5.41, 5.74) is 7.47. The maximum atomic E-state index is 10.8. The van der Waals surface area contributed by atoms with Crippen molar-refractivity contribution in [1.82, 2.24) is 5.32 Å². The van der Waals surface area contributed by atoms with E-state index in [1.165, 1.54) is 7.05 Å². The number of alkyl carbamates (subject to hydrolysis) is 1. The average molecular weight is 194 g/mol. The van der Waals surface area contributed by atoms with Gasteiger partial charge in [0, 0.05) is 13.6 Å². The predicted octanol–water partition coefficient (Wildman–Crippen LogP) is 1.00. The molecule has 0 unspecified atom stereocenters. The summed E-state index contributed by atoms with van der Waals surface area (Å²) >= 11 is 0. The van der Waals surface area contributed by atoms with Crippen molar-refractivity contribution in [2.75, 3.05) is 7.05 Å². The second kappa shape index (κ2) is 5.24. The molecule has 0 heterocycles. The lowest BCUT2D eigenvalue weighted by molar-refractivity contribution is 0.141. The molecule has 0 saturated heterocycles. The highest BCUT2D eigenvalue weighted by Crippen LogP contribution is 2.08. The monoisotopic (exact) mass is 194 g/mol. The van der Waals surface area contributed by atoms with Crippen molar-refractivity contribution in [3.8, 4) is 0 Å². The molecular formula is C10H14N2O2. The Balaban J connectivity index is 2.61. The number of carbonyl (C=O) groups excluding carboxylic acids is 1. The lowest BCUT2D eigenvalue weighted by Crippen LogP contribution is -2.19. The summed E-state index contributed by atoms with van der Waals surface area (Å²) in [5, 5.41) is 2.38. The van der Waals surface area contributed by atoms with Gasteiger partial charge in [0.1, 0.15) is 6.61 Å². The summed E-state index contributed by atoms with van der Waals surface area (Å²) in [5.74, 6) is 0. The lowest BCUT2D eigenvalue weighted by atomic mass is 10.1. The maximum Gasteiger partial charge on any atom is 0.407 e. The Bertz CT molecular complexity index is 313. The van der Waals surface area contributed by atoms with E-state index in [-0.39, 0.29) is 6.61 Å². The van der Waals surface area contributed by atoms with Crippen LogP contribution in [0.4, 0.5) is 4.79 Å². The third kappa shape index (κ3) is 2.74. The quantitative estimate of drug-likeness (QED) is 0.754. The number of nitrogens with two attached hydrogens (primary N) is 1. The zero-order valence-corrected chi connectivity index (χ0v) is 8.12. The highest BCUT2D eigenvalue weighted by Gasteiger charge is 2.02. The standard InChI is InChI=1S/C10H14N2O2/c1-12-10(13)14-7-9-5-3-2-4-8(9)6-11/h2-5H,6-7,11H2,1H3,(H,12,13). The number of benzene rings is 1. The third-order valence-electron chi connectivity index (χ3n) is 1.90. The number of amides is 1. The van der Waals surface area contributed by atoms with Gasteiger partial charge < -0.3 is 15.8 Å². The van der Waals surface area contributed by atoms with Crippen molar-refractivity contribution in [3.05, 3.63) is 35.4 Å². The van der Waals surface area contributed by atoms with Gasteiger partial charge in [-0.25, -0.2) is 4.79 Å². The molecule has 0 saturated carbocycles. The predicted molar refractivity (Wildman–Crippen MR) is 53.6 cm³/mol. The van der Waals surface area contributed by atoms with Crippen molar-refractivity contribution < 1.29 is 9.53 Å². The second-order valence-electron chi connectivity index (χ2n) is 2.80. The van der Waals surface area contributed by atoms with Crippen molar-refractivity contribution in [3.63, 3.8) is 0 Å². The molecule has 1 amide bonds. The minimum Gasteiger partial charge on any atom is -0.445 e. The SMILES string of the molecule is CNC(=O)OCc1ccccc1CN. The van der Waals surface area contributed by atoms with Crippen LogP contribution in [0.2, 0.25) is 0 Å². The maximum absolute atomic E-state index is 10.8. The Labute approximate surface area is 83.1 Å². The van der Waals surface area contributed by atoms with E-state index in [9.17, 15) is 4.79 Å². The molecule has 0 aromatic heterocycles. The summed E-state index contributed by atoms with van der Waals surface area (Å²) in [6.07, 6.45) is -0.433. The second-order valence-corrected chi connectivity index (χ2v) is 2.80. The van der Waals surface area contributed by atoms with Crippen LogP contribution in [0.15, 0.2) is 24.3 Å². The topological polar surface area (TPSA) is 64.3 Å². The van der Waals surface area contributed by atoms with Crippen LogP contribution in [0.5, 0.6) is 0 Å². The fourth-order valence-corrected chi connectivity index (χ4v) is 1.11. The number of nitrogens with one attached hydrogen (secondary N) is 1. The zero-order chi connectivity index (χ0) is 10.4. The van der Waals surface area contributed by atoms with Crippen LogP contribution in [0, 0.1) is 0 Å². The molecule has 0 aliphatic carbocycles. The van der Waals surface area contributed by atoms with Crippen LogP contribution >= 0.6 is 0 Å². The molecule has 0 spiro atoms. The van der Waals surface area contributed by atoms with Gasteiger partial charge in [-0.05, 0) is 11.1 Å². The molecule has 0 fully saturated rings. The highest BCUT2D eigenvalue weighted by molar-refractivity contribution is 5.66. The molecule has 14 heavy (non-hydrogen) atoms. The van der Waals surface area contributed by atoms with Crippen LogP contribution < -0.4 is 11.1 Å². The van der Waals surface area contributed by atoms with Crippen molar-refractivity contribution in [1.29, 1.82) is 0 Å². The molecule has 0 aliphatic heterocycles. The first-order valence-electron chi connectivity index (χ1n) is 4.39. The van der Waals surface area contributed by atoms with Gasteiger partial charge in [0.15, 0.2) is 0 Å². The van der Waals surface area contributed by atoms with Crippen LogP contribution in [0.1, 0.15) is 11.1 Å². The molecule has 1 aromatic carbocycles. The average Bonchev–Trinajstić information content (AvgIpc) is 2.26. The number of ether oxygens (including phenoxy) is 1. The van der Waals surface area contributed by atoms with E-state index >= 15 is 0 Å². The van der Waals surface area contributed by atoms with Crippen LogP contribution in [0.3, 0.4) is 0 Å². The van der Waals surface area contributed by atoms with Crippen LogP contribution in [-0.4, -0.2) is 13.1 Å². The van der Waals surface area contributed by atoms with Gasteiger partial charge in [0.25, 0.3) is 0 Å². The Morgan fingerprint density at radius 3 is 2.64 bits per heavy atom. The molecule has 0 atom stereocenters. The van der Waals surface area contributed by atoms with Gasteiger partial charge in [-0.2, -0.15) is 0 Å². The van der Waals surface area contributed by atoms with Crippen molar-refractivity contribution in [2.24, 2.45) is 5.73 Å². The number of hydrogen-bond donors (Lipinski definition) is 2. The molecule has 76 valence electrons. The van der Waals surface area contributed by atoms with E-state index in [1.807, 2.05) is 24.3 Å². The number of carbonyl (C=O) groups is 1. The molecule has 4 heteroatoms. The first kappa shape index (κ1) is 10.5. The summed E-state index contributed by atoms with van der Waals surface area (Å²) in [6, 6.07) is 7.61. The molecule has 1 rings (SSSR count). The Morgan fingerprint density at radius 2 is 2.07 bits per heavy atom. The first-order chi connectivity index (χ1) is 6.77. The fraction of sp³-hybridized carbons (Fsp3) is 0.300. The van der Waals surface area contributed by atoms with Gasteiger partial charge in [-0.3, -0.25) is 0 Å². The Morgan fingerprint density at radius 1 is 1.43 bits per heavy atom. The van der Waals surface area contributed by atoms with Crippen LogP contribution in [0.25, 0.3) is 0 Å². The summed E-state index contributed by atoms with van der Waals surface area (Å²) in [6.45, 7) is 0.709. The van der Waals surface area contributed by atoms with E-state index in [0.29, 0.717) is 6.54 Å². The van der Waals surface area contributed by atoms with Gasteiger partial charge in [-0.1, -0.05) is 24.3 Å². The van der Waals surface area contributed by atoms with Gasteiger partial charge >= 0.3 is 6.09 Å². The van der Waals surface area contributed by atoms with Gasteiger partial charge in [0.05, 0.1) is 0 Å². The number of rotatable bonds is 3. The van der Waals surface area contributed by atoms with E-state index in [2.05, 4.69) is 5.32 Å². The largest absolute Gasteiger partial charge is 0.445 e. The molecule has 4 nitrogen and oxygen atoms in total. The smallest absolute Gasteiger partial charge is 0.407 e. The summed E-state index contributed by atoms with van der Waals surface area (Å²) in [7, 11) is 1.52. The molecule has 3 N–H and O–H groups in total. The molecular weight excluding hydrogens is 180 g/mol. The lowest BCUT2D eigenvalue weighted by Gasteiger charge is -2.07. The molecule has 0 radical (unpaired) electrons. The molecule has 0 bridgehead atoms. The minimum atomic E-state index is -0.433. The Kier molecular flexibility index (Phi) is 3.94. The molecule has 0 aliphatic rings. The van der Waals surface area contributed by atoms with Gasteiger partial charge in [-0.15, -0.1) is 0 Å². The van der Waals surface area contributed by atoms with Gasteiger partial charge in [0.2, 0.25) is 0 Å². The number of hydrogen-bond acceptors (Lipinski definition) is 3. The first-order valence-corrected chi connectivity index (χ1v) is 4.39. The van der Waals surface area contributed by atoms with E-state index in [0.717, 1.165) is 11.1 Å². The highest BCUT2D eigenvalue weighted by atomic mass is 16.5.